The van der Waals surface area contributed by atoms with Crippen molar-refractivity contribution >= 4 is 11.9 Å². The van der Waals surface area contributed by atoms with Crippen LogP contribution in [0.1, 0.15) is 182 Å². The summed E-state index contributed by atoms with van der Waals surface area (Å²) in [6.07, 6.45) is 23.9. The van der Waals surface area contributed by atoms with Crippen molar-refractivity contribution < 1.29 is 33.0 Å². The van der Waals surface area contributed by atoms with E-state index in [1.54, 1.807) is 0 Å². The van der Waals surface area contributed by atoms with E-state index in [0.717, 1.165) is 107 Å². The first kappa shape index (κ1) is 42.6. The molecule has 2 heterocycles. The fourth-order valence-electron chi connectivity index (χ4n) is 6.44. The standard InChI is InChI=1S/C42H70O7/c1-6-8-19-25-36-30-33(3)38(47-36)26-20-15-11-9-10-12-18-23-29-42(45)48-37(31-43)32-46-41(44)28-22-17-14-13-16-21-27-40-35(5)34(4)39(49-40)24-7-2/h30,37,43H,6-29,31-32H2,1-5H3/t37-/m0/s1. The number of carbonyl (C=O) groups is 2. The van der Waals surface area contributed by atoms with E-state index < -0.39 is 6.10 Å². The van der Waals surface area contributed by atoms with Crippen LogP contribution in [0.3, 0.4) is 0 Å². The van der Waals surface area contributed by atoms with Crippen LogP contribution in [-0.2, 0) is 44.7 Å². The summed E-state index contributed by atoms with van der Waals surface area (Å²) in [5, 5.41) is 9.60. The number of aliphatic hydroxyl groups excluding tert-OH is 1. The molecular formula is C42H70O7. The van der Waals surface area contributed by atoms with Crippen molar-refractivity contribution in [3.8, 4) is 0 Å². The van der Waals surface area contributed by atoms with Crippen LogP contribution in [0.5, 0.6) is 0 Å². The molecule has 2 aromatic heterocycles. The second kappa shape index (κ2) is 26.3. The normalized spacial score (nSPS) is 12.0. The number of aryl methyl sites for hydroxylation is 5. The topological polar surface area (TPSA) is 99.1 Å². The summed E-state index contributed by atoms with van der Waals surface area (Å²) in [7, 11) is 0. The number of unbranched alkanes of at least 4 members (excludes halogenated alkanes) is 14. The van der Waals surface area contributed by atoms with Gasteiger partial charge in [-0.15, -0.1) is 0 Å². The summed E-state index contributed by atoms with van der Waals surface area (Å²) in [5.74, 6) is 3.96. The molecule has 0 radical (unpaired) electrons. The molecular weight excluding hydrogens is 616 g/mol. The van der Waals surface area contributed by atoms with E-state index in [9.17, 15) is 14.7 Å². The van der Waals surface area contributed by atoms with Gasteiger partial charge >= 0.3 is 11.9 Å². The number of esters is 2. The molecule has 2 aromatic rings. The van der Waals surface area contributed by atoms with Crippen molar-refractivity contribution in [3.05, 3.63) is 45.8 Å². The Bertz CT molecular complexity index is 1160. The van der Waals surface area contributed by atoms with Crippen LogP contribution in [0.2, 0.25) is 0 Å². The molecule has 0 bridgehead atoms. The maximum Gasteiger partial charge on any atom is 0.306 e. The number of ether oxygens (including phenoxy) is 2. The maximum absolute atomic E-state index is 12.2. The molecule has 0 saturated carbocycles. The Labute approximate surface area is 298 Å². The van der Waals surface area contributed by atoms with E-state index in [4.69, 9.17) is 18.3 Å². The Balaban J connectivity index is 1.40. The predicted molar refractivity (Wildman–Crippen MR) is 198 cm³/mol. The van der Waals surface area contributed by atoms with Gasteiger partial charge in [0.1, 0.15) is 29.6 Å². The minimum Gasteiger partial charge on any atom is -0.466 e. The molecule has 280 valence electrons. The molecule has 2 rings (SSSR count). The molecule has 0 aliphatic heterocycles. The highest BCUT2D eigenvalue weighted by molar-refractivity contribution is 5.70. The second-order valence-electron chi connectivity index (χ2n) is 14.2. The Morgan fingerprint density at radius 1 is 0.612 bits per heavy atom. The van der Waals surface area contributed by atoms with Gasteiger partial charge in [0.15, 0.2) is 6.10 Å². The number of furan rings is 2. The molecule has 1 atom stereocenters. The highest BCUT2D eigenvalue weighted by Gasteiger charge is 2.16. The third-order valence-electron chi connectivity index (χ3n) is 9.72. The van der Waals surface area contributed by atoms with Gasteiger partial charge < -0.3 is 23.4 Å². The lowest BCUT2D eigenvalue weighted by atomic mass is 10.0. The van der Waals surface area contributed by atoms with Crippen molar-refractivity contribution in [2.45, 2.75) is 195 Å². The molecule has 7 nitrogen and oxygen atoms in total. The smallest absolute Gasteiger partial charge is 0.306 e. The van der Waals surface area contributed by atoms with E-state index in [1.165, 1.54) is 73.8 Å². The first-order valence-corrected chi connectivity index (χ1v) is 19.9. The fraction of sp³-hybridized carbons (Fsp3) is 0.762. The van der Waals surface area contributed by atoms with Crippen molar-refractivity contribution in [2.24, 2.45) is 0 Å². The molecule has 0 spiro atoms. The van der Waals surface area contributed by atoms with Gasteiger partial charge in [-0.3, -0.25) is 9.59 Å². The summed E-state index contributed by atoms with van der Waals surface area (Å²) in [5.41, 5.74) is 3.92. The van der Waals surface area contributed by atoms with E-state index in [2.05, 4.69) is 40.7 Å². The summed E-state index contributed by atoms with van der Waals surface area (Å²) in [4.78, 5) is 24.4. The maximum atomic E-state index is 12.2. The Kier molecular flexibility index (Phi) is 22.9. The monoisotopic (exact) mass is 687 g/mol. The summed E-state index contributed by atoms with van der Waals surface area (Å²) in [6.45, 7) is 10.5. The van der Waals surface area contributed by atoms with Gasteiger partial charge in [-0.25, -0.2) is 0 Å². The van der Waals surface area contributed by atoms with Crippen LogP contribution >= 0.6 is 0 Å². The predicted octanol–water partition coefficient (Wildman–Crippen LogP) is 11.0. The number of aliphatic hydroxyl groups is 1. The molecule has 49 heavy (non-hydrogen) atoms. The molecule has 0 unspecified atom stereocenters. The molecule has 0 aromatic carbocycles. The minimum atomic E-state index is -0.798. The number of hydrogen-bond donors (Lipinski definition) is 1. The Hall–Kier alpha value is -2.54. The van der Waals surface area contributed by atoms with Gasteiger partial charge in [0.2, 0.25) is 0 Å². The molecule has 0 amide bonds. The van der Waals surface area contributed by atoms with Crippen molar-refractivity contribution in [1.29, 1.82) is 0 Å². The zero-order chi connectivity index (χ0) is 35.7. The Morgan fingerprint density at radius 3 is 1.69 bits per heavy atom. The SMILES string of the molecule is CCCCCc1cc(C)c(CCCCCCCCCCC(=O)O[C@@H](CO)COC(=O)CCCCCCCCc2oc(CCC)c(C)c2C)o1. The lowest BCUT2D eigenvalue weighted by Gasteiger charge is -2.15. The molecule has 0 aliphatic rings. The highest BCUT2D eigenvalue weighted by atomic mass is 16.6. The van der Waals surface area contributed by atoms with E-state index in [0.29, 0.717) is 12.8 Å². The van der Waals surface area contributed by atoms with Gasteiger partial charge in [-0.05, 0) is 82.1 Å². The van der Waals surface area contributed by atoms with Gasteiger partial charge in [0, 0.05) is 38.5 Å². The zero-order valence-electron chi connectivity index (χ0n) is 31.9. The lowest BCUT2D eigenvalue weighted by molar-refractivity contribution is -0.161. The average Bonchev–Trinajstić information content (AvgIpc) is 3.57. The minimum absolute atomic E-state index is 0.0909. The third-order valence-corrected chi connectivity index (χ3v) is 9.72. The van der Waals surface area contributed by atoms with Crippen LogP contribution in [-0.4, -0.2) is 36.4 Å². The van der Waals surface area contributed by atoms with Crippen molar-refractivity contribution in [3.63, 3.8) is 0 Å². The van der Waals surface area contributed by atoms with Crippen LogP contribution in [0.4, 0.5) is 0 Å². The lowest BCUT2D eigenvalue weighted by Crippen LogP contribution is -2.28. The zero-order valence-corrected chi connectivity index (χ0v) is 31.9. The van der Waals surface area contributed by atoms with Gasteiger partial charge in [0.05, 0.1) is 6.61 Å². The molecule has 0 aliphatic carbocycles. The number of rotatable bonds is 30. The first-order valence-electron chi connectivity index (χ1n) is 19.9. The molecule has 7 heteroatoms. The van der Waals surface area contributed by atoms with Crippen molar-refractivity contribution in [1.82, 2.24) is 0 Å². The second-order valence-corrected chi connectivity index (χ2v) is 14.2. The summed E-state index contributed by atoms with van der Waals surface area (Å²) in [6, 6.07) is 2.22. The average molecular weight is 687 g/mol. The fourth-order valence-corrected chi connectivity index (χ4v) is 6.44. The third kappa shape index (κ3) is 18.3. The largest absolute Gasteiger partial charge is 0.466 e. The van der Waals surface area contributed by atoms with Crippen LogP contribution in [0.25, 0.3) is 0 Å². The van der Waals surface area contributed by atoms with E-state index in [-0.39, 0.29) is 25.2 Å². The van der Waals surface area contributed by atoms with Crippen molar-refractivity contribution in [2.75, 3.05) is 13.2 Å². The summed E-state index contributed by atoms with van der Waals surface area (Å²) < 4.78 is 22.8. The molecule has 0 saturated heterocycles. The van der Waals surface area contributed by atoms with Crippen LogP contribution < -0.4 is 0 Å². The van der Waals surface area contributed by atoms with E-state index >= 15 is 0 Å². The first-order chi connectivity index (χ1) is 23.8. The Morgan fingerprint density at radius 2 is 1.12 bits per heavy atom. The quantitative estimate of drug-likeness (QED) is 0.0645. The van der Waals surface area contributed by atoms with E-state index in [1.807, 2.05) is 0 Å². The number of hydrogen-bond acceptors (Lipinski definition) is 7. The van der Waals surface area contributed by atoms with Gasteiger partial charge in [-0.1, -0.05) is 90.9 Å². The molecule has 1 N–H and O–H groups in total. The summed E-state index contributed by atoms with van der Waals surface area (Å²) >= 11 is 0. The van der Waals surface area contributed by atoms with Gasteiger partial charge in [-0.2, -0.15) is 0 Å². The number of carbonyl (C=O) groups excluding carboxylic acids is 2. The van der Waals surface area contributed by atoms with Gasteiger partial charge in [0.25, 0.3) is 0 Å². The molecule has 0 fully saturated rings. The highest BCUT2D eigenvalue weighted by Crippen LogP contribution is 2.25. The van der Waals surface area contributed by atoms with Crippen LogP contribution in [0, 0.1) is 20.8 Å². The van der Waals surface area contributed by atoms with Crippen LogP contribution in [0.15, 0.2) is 14.9 Å².